The minimum Gasteiger partial charge on any atom is -0.389 e. The highest BCUT2D eigenvalue weighted by molar-refractivity contribution is 7.92. The van der Waals surface area contributed by atoms with Crippen molar-refractivity contribution in [3.8, 4) is 0 Å². The topological polar surface area (TPSA) is 109 Å². The molecule has 0 saturated heterocycles. The number of hydrogen-bond acceptors (Lipinski definition) is 5. The zero-order valence-corrected chi connectivity index (χ0v) is 20.5. The Kier molecular flexibility index (Phi) is 6.95. The summed E-state index contributed by atoms with van der Waals surface area (Å²) >= 11 is 6.22. The van der Waals surface area contributed by atoms with Gasteiger partial charge in [-0.2, -0.15) is 0 Å². The molecule has 190 valence electrons. The normalized spacial score (nSPS) is 27.0. The number of carbonyl (C=O) groups excluding carboxylic acids is 1. The standard InChI is InChI=1S/C24H26ClF3N2O4S/c1-12(11-29)24(32)14-3-4-15(24)8-17(7-14)35(33,34)21-6-13(2-5-18(21)25)23(31)30-16-9-19(26)22(28)20(27)10-16/h2,5-6,9-10,12,14-15,17,32H,3-4,7-8,11,29H2,1H3,(H,30,31)/t12?,14-,15+,17-,24-. The van der Waals surface area contributed by atoms with E-state index < -0.39 is 44.0 Å². The molecule has 5 atom stereocenters. The van der Waals surface area contributed by atoms with Gasteiger partial charge >= 0.3 is 0 Å². The van der Waals surface area contributed by atoms with E-state index in [0.29, 0.717) is 31.5 Å². The molecule has 2 aliphatic rings. The molecule has 0 radical (unpaired) electrons. The lowest BCUT2D eigenvalue weighted by Crippen LogP contribution is -2.53. The van der Waals surface area contributed by atoms with Crippen molar-refractivity contribution in [3.05, 3.63) is 58.4 Å². The Labute approximate surface area is 206 Å². The van der Waals surface area contributed by atoms with Crippen LogP contribution in [0.1, 0.15) is 43.0 Å². The molecule has 6 nitrogen and oxygen atoms in total. The van der Waals surface area contributed by atoms with Gasteiger partial charge in [0.05, 0.1) is 20.8 Å². The maximum Gasteiger partial charge on any atom is 0.255 e. The van der Waals surface area contributed by atoms with E-state index in [1.165, 1.54) is 12.1 Å². The summed E-state index contributed by atoms with van der Waals surface area (Å²) in [5.74, 6) is -6.07. The Morgan fingerprint density at radius 2 is 1.74 bits per heavy atom. The fourth-order valence-corrected chi connectivity index (χ4v) is 8.06. The van der Waals surface area contributed by atoms with Gasteiger partial charge in [-0.25, -0.2) is 21.6 Å². The second-order valence-electron chi connectivity index (χ2n) is 9.49. The summed E-state index contributed by atoms with van der Waals surface area (Å²) in [6.45, 7) is 2.17. The Balaban J connectivity index is 1.60. The van der Waals surface area contributed by atoms with Crippen molar-refractivity contribution >= 4 is 33.0 Å². The fraction of sp³-hybridized carbons (Fsp3) is 0.458. The van der Waals surface area contributed by atoms with Crippen molar-refractivity contribution in [1.29, 1.82) is 0 Å². The third-order valence-corrected chi connectivity index (χ3v) is 10.2. The van der Waals surface area contributed by atoms with E-state index in [1.807, 2.05) is 6.92 Å². The molecular formula is C24H26ClF3N2O4S. The highest BCUT2D eigenvalue weighted by atomic mass is 35.5. The smallest absolute Gasteiger partial charge is 0.255 e. The van der Waals surface area contributed by atoms with Crippen LogP contribution in [0.25, 0.3) is 0 Å². The van der Waals surface area contributed by atoms with Gasteiger partial charge in [-0.1, -0.05) is 18.5 Å². The van der Waals surface area contributed by atoms with Gasteiger partial charge in [-0.15, -0.1) is 0 Å². The Bertz CT molecular complexity index is 1240. The molecule has 0 aliphatic heterocycles. The first-order valence-electron chi connectivity index (χ1n) is 11.3. The maximum atomic E-state index is 13.6. The second kappa shape index (κ2) is 9.38. The van der Waals surface area contributed by atoms with Gasteiger partial charge in [-0.3, -0.25) is 4.79 Å². The molecule has 4 rings (SSSR count). The van der Waals surface area contributed by atoms with Crippen molar-refractivity contribution in [2.45, 2.75) is 48.4 Å². The van der Waals surface area contributed by atoms with E-state index in [0.717, 1.165) is 6.07 Å². The van der Waals surface area contributed by atoms with E-state index in [-0.39, 0.29) is 51.8 Å². The van der Waals surface area contributed by atoms with Crippen LogP contribution in [0.15, 0.2) is 35.2 Å². The van der Waals surface area contributed by atoms with Gasteiger partial charge in [0.25, 0.3) is 5.91 Å². The van der Waals surface area contributed by atoms with Crippen LogP contribution in [0.4, 0.5) is 18.9 Å². The fourth-order valence-electron chi connectivity index (χ4n) is 5.66. The number of nitrogens with two attached hydrogens (primary N) is 1. The number of fused-ring (bicyclic) bond motifs is 2. The summed E-state index contributed by atoms with van der Waals surface area (Å²) in [5.41, 5.74) is 4.36. The second-order valence-corrected chi connectivity index (χ2v) is 12.1. The lowest BCUT2D eigenvalue weighted by Gasteiger charge is -2.46. The molecule has 4 N–H and O–H groups in total. The Hall–Kier alpha value is -2.14. The average Bonchev–Trinajstić information content (AvgIpc) is 2.98. The summed E-state index contributed by atoms with van der Waals surface area (Å²) < 4.78 is 67.3. The van der Waals surface area contributed by atoms with Crippen LogP contribution >= 0.6 is 11.6 Å². The molecule has 2 bridgehead atoms. The summed E-state index contributed by atoms with van der Waals surface area (Å²) in [6.07, 6.45) is 1.91. The predicted molar refractivity (Wildman–Crippen MR) is 125 cm³/mol. The molecule has 2 aromatic rings. The van der Waals surface area contributed by atoms with Crippen molar-refractivity contribution in [2.24, 2.45) is 23.5 Å². The van der Waals surface area contributed by atoms with E-state index in [9.17, 15) is 31.5 Å². The highest BCUT2D eigenvalue weighted by Crippen LogP contribution is 2.54. The minimum atomic E-state index is -3.97. The molecule has 1 amide bonds. The molecule has 0 aromatic heterocycles. The van der Waals surface area contributed by atoms with Gasteiger partial charge in [0.2, 0.25) is 0 Å². The number of aliphatic hydroxyl groups is 1. The first-order chi connectivity index (χ1) is 16.4. The third-order valence-electron chi connectivity index (χ3n) is 7.59. The van der Waals surface area contributed by atoms with Crippen molar-refractivity contribution in [3.63, 3.8) is 0 Å². The number of anilines is 1. The number of halogens is 4. The first kappa shape index (κ1) is 25.9. The molecule has 2 aliphatic carbocycles. The van der Waals surface area contributed by atoms with Gasteiger partial charge in [-0.05, 0) is 68.2 Å². The van der Waals surface area contributed by atoms with Crippen LogP contribution in [0.2, 0.25) is 5.02 Å². The molecule has 11 heteroatoms. The molecule has 2 saturated carbocycles. The Morgan fingerprint density at radius 1 is 1.17 bits per heavy atom. The van der Waals surface area contributed by atoms with E-state index in [2.05, 4.69) is 5.32 Å². The molecule has 1 unspecified atom stereocenters. The number of rotatable bonds is 6. The minimum absolute atomic E-state index is 0.0658. The number of hydrogen-bond donors (Lipinski definition) is 3. The molecule has 0 spiro atoms. The lowest BCUT2D eigenvalue weighted by atomic mass is 9.68. The van der Waals surface area contributed by atoms with Crippen LogP contribution in [0, 0.1) is 35.2 Å². The highest BCUT2D eigenvalue weighted by Gasteiger charge is 2.57. The zero-order valence-electron chi connectivity index (χ0n) is 18.9. The van der Waals surface area contributed by atoms with Crippen molar-refractivity contribution in [2.75, 3.05) is 11.9 Å². The molecule has 2 aromatic carbocycles. The first-order valence-corrected chi connectivity index (χ1v) is 13.2. The van der Waals surface area contributed by atoms with Crippen LogP contribution < -0.4 is 11.1 Å². The largest absolute Gasteiger partial charge is 0.389 e. The summed E-state index contributed by atoms with van der Waals surface area (Å²) in [4.78, 5) is 12.4. The van der Waals surface area contributed by atoms with Crippen LogP contribution in [-0.2, 0) is 9.84 Å². The monoisotopic (exact) mass is 530 g/mol. The number of nitrogens with one attached hydrogen (secondary N) is 1. The maximum absolute atomic E-state index is 13.6. The van der Waals surface area contributed by atoms with Crippen LogP contribution in [-0.4, -0.2) is 36.8 Å². The van der Waals surface area contributed by atoms with Gasteiger partial charge in [0.1, 0.15) is 0 Å². The van der Waals surface area contributed by atoms with E-state index in [4.69, 9.17) is 17.3 Å². The quantitative estimate of drug-likeness (QED) is 0.482. The SMILES string of the molecule is CC(CN)[C@@]1(O)[C@@H]2CC[C@H]1C[C@H](S(=O)(=O)c1cc(C(=O)Nc3cc(F)c(F)c(F)c3)ccc1Cl)C2. The van der Waals surface area contributed by atoms with E-state index in [1.54, 1.807) is 0 Å². The number of amides is 1. The van der Waals surface area contributed by atoms with E-state index >= 15 is 0 Å². The molecular weight excluding hydrogens is 505 g/mol. The van der Waals surface area contributed by atoms with Crippen molar-refractivity contribution < 1.29 is 31.5 Å². The van der Waals surface area contributed by atoms with Gasteiger partial charge in [0.15, 0.2) is 27.3 Å². The van der Waals surface area contributed by atoms with Gasteiger partial charge < -0.3 is 16.2 Å². The number of carbonyl (C=O) groups is 1. The van der Waals surface area contributed by atoms with Crippen molar-refractivity contribution in [1.82, 2.24) is 0 Å². The summed E-state index contributed by atoms with van der Waals surface area (Å²) in [7, 11) is -3.97. The average molecular weight is 531 g/mol. The van der Waals surface area contributed by atoms with Crippen LogP contribution in [0.3, 0.4) is 0 Å². The molecule has 35 heavy (non-hydrogen) atoms. The third kappa shape index (κ3) is 4.45. The lowest BCUT2D eigenvalue weighted by molar-refractivity contribution is -0.0968. The van der Waals surface area contributed by atoms with Crippen LogP contribution in [0.5, 0.6) is 0 Å². The number of sulfone groups is 1. The van der Waals surface area contributed by atoms with Gasteiger partial charge in [0, 0.05) is 23.4 Å². The summed E-state index contributed by atoms with van der Waals surface area (Å²) in [5, 5.41) is 12.7. The zero-order chi connectivity index (χ0) is 25.7. The summed E-state index contributed by atoms with van der Waals surface area (Å²) in [6, 6.07) is 4.89. The predicted octanol–water partition coefficient (Wildman–Crippen LogP) is 4.30. The molecule has 2 fully saturated rings. The Morgan fingerprint density at radius 3 is 2.29 bits per heavy atom. The molecule has 0 heterocycles. The number of benzene rings is 2.